The molecule has 0 radical (unpaired) electrons. The van der Waals surface area contributed by atoms with Gasteiger partial charge in [-0.05, 0) is 46.6 Å². The van der Waals surface area contributed by atoms with E-state index in [2.05, 4.69) is 21.2 Å². The van der Waals surface area contributed by atoms with Gasteiger partial charge in [-0.2, -0.15) is 13.2 Å². The van der Waals surface area contributed by atoms with E-state index in [-0.39, 0.29) is 6.42 Å². The SMILES string of the molecule is Nc1cc(CNCCCC(F)(F)F)ccc1Br. The van der Waals surface area contributed by atoms with Crippen molar-refractivity contribution in [3.8, 4) is 0 Å². The summed E-state index contributed by atoms with van der Waals surface area (Å²) in [5, 5.41) is 2.95. The largest absolute Gasteiger partial charge is 0.398 e. The Bertz CT molecular complexity index is 366. The highest BCUT2D eigenvalue weighted by molar-refractivity contribution is 9.10. The van der Waals surface area contributed by atoms with Crippen molar-refractivity contribution in [2.24, 2.45) is 0 Å². The first-order valence-corrected chi connectivity index (χ1v) is 5.99. The van der Waals surface area contributed by atoms with E-state index >= 15 is 0 Å². The molecule has 0 amide bonds. The van der Waals surface area contributed by atoms with Gasteiger partial charge in [0, 0.05) is 23.1 Å². The number of nitrogens with one attached hydrogen (secondary N) is 1. The fourth-order valence-corrected chi connectivity index (χ4v) is 1.60. The summed E-state index contributed by atoms with van der Waals surface area (Å²) >= 11 is 3.27. The molecule has 0 saturated carbocycles. The number of alkyl halides is 3. The second-order valence-electron chi connectivity index (χ2n) is 3.75. The van der Waals surface area contributed by atoms with Gasteiger partial charge in [0.05, 0.1) is 0 Å². The molecule has 6 heteroatoms. The molecular weight excluding hydrogens is 297 g/mol. The molecule has 0 spiro atoms. The van der Waals surface area contributed by atoms with Gasteiger partial charge in [0.15, 0.2) is 0 Å². The summed E-state index contributed by atoms with van der Waals surface area (Å²) in [6.07, 6.45) is -4.72. The fourth-order valence-electron chi connectivity index (χ4n) is 1.35. The summed E-state index contributed by atoms with van der Waals surface area (Å²) in [6, 6.07) is 5.49. The molecule has 1 aromatic carbocycles. The third-order valence-electron chi connectivity index (χ3n) is 2.20. The lowest BCUT2D eigenvalue weighted by atomic mass is 10.2. The molecule has 0 saturated heterocycles. The molecular formula is C11H14BrF3N2. The maximum atomic E-state index is 11.9. The molecule has 0 aliphatic carbocycles. The molecule has 0 bridgehead atoms. The van der Waals surface area contributed by atoms with Crippen molar-refractivity contribution in [1.29, 1.82) is 0 Å². The van der Waals surface area contributed by atoms with E-state index in [4.69, 9.17) is 5.73 Å². The van der Waals surface area contributed by atoms with Gasteiger partial charge in [0.2, 0.25) is 0 Å². The summed E-state index contributed by atoms with van der Waals surface area (Å²) in [5.41, 5.74) is 7.27. The number of rotatable bonds is 5. The molecule has 1 aromatic rings. The molecule has 0 aromatic heterocycles. The van der Waals surface area contributed by atoms with Gasteiger partial charge >= 0.3 is 6.18 Å². The van der Waals surface area contributed by atoms with Crippen molar-refractivity contribution < 1.29 is 13.2 Å². The Kier molecular flexibility index (Phi) is 5.27. The molecule has 0 aliphatic heterocycles. The number of anilines is 1. The summed E-state index contributed by atoms with van der Waals surface area (Å²) in [7, 11) is 0. The summed E-state index contributed by atoms with van der Waals surface area (Å²) in [6.45, 7) is 0.866. The summed E-state index contributed by atoms with van der Waals surface area (Å²) in [5.74, 6) is 0. The van der Waals surface area contributed by atoms with Crippen LogP contribution in [0.4, 0.5) is 18.9 Å². The van der Waals surface area contributed by atoms with E-state index in [0.29, 0.717) is 18.8 Å². The van der Waals surface area contributed by atoms with Crippen LogP contribution in [0.3, 0.4) is 0 Å². The van der Waals surface area contributed by atoms with Gasteiger partial charge in [-0.1, -0.05) is 6.07 Å². The molecule has 3 N–H and O–H groups in total. The van der Waals surface area contributed by atoms with Crippen LogP contribution in [-0.2, 0) is 6.54 Å². The van der Waals surface area contributed by atoms with Crippen molar-refractivity contribution in [1.82, 2.24) is 5.32 Å². The lowest BCUT2D eigenvalue weighted by molar-refractivity contribution is -0.135. The molecule has 1 rings (SSSR count). The highest BCUT2D eigenvalue weighted by Crippen LogP contribution is 2.21. The topological polar surface area (TPSA) is 38.0 Å². The first kappa shape index (κ1) is 14.3. The molecule has 0 unspecified atom stereocenters. The van der Waals surface area contributed by atoms with Crippen LogP contribution in [-0.4, -0.2) is 12.7 Å². The van der Waals surface area contributed by atoms with Crippen LogP contribution in [0.2, 0.25) is 0 Å². The highest BCUT2D eigenvalue weighted by atomic mass is 79.9. The number of hydrogen-bond acceptors (Lipinski definition) is 2. The van der Waals surface area contributed by atoms with E-state index in [1.165, 1.54) is 0 Å². The number of nitrogens with two attached hydrogens (primary N) is 1. The minimum Gasteiger partial charge on any atom is -0.398 e. The second kappa shape index (κ2) is 6.26. The molecule has 0 atom stereocenters. The van der Waals surface area contributed by atoms with Crippen molar-refractivity contribution in [3.05, 3.63) is 28.2 Å². The van der Waals surface area contributed by atoms with E-state index in [9.17, 15) is 13.2 Å². The van der Waals surface area contributed by atoms with E-state index in [1.807, 2.05) is 12.1 Å². The quantitative estimate of drug-likeness (QED) is 0.645. The Morgan fingerprint density at radius 1 is 1.29 bits per heavy atom. The van der Waals surface area contributed by atoms with Crippen LogP contribution in [0.1, 0.15) is 18.4 Å². The van der Waals surface area contributed by atoms with Crippen LogP contribution >= 0.6 is 15.9 Å². The molecule has 96 valence electrons. The molecule has 0 aliphatic rings. The van der Waals surface area contributed by atoms with Crippen molar-refractivity contribution in [2.45, 2.75) is 25.6 Å². The smallest absolute Gasteiger partial charge is 0.389 e. The van der Waals surface area contributed by atoms with Crippen molar-refractivity contribution in [2.75, 3.05) is 12.3 Å². The monoisotopic (exact) mass is 310 g/mol. The Hall–Kier alpha value is -0.750. The third kappa shape index (κ3) is 5.93. The maximum absolute atomic E-state index is 11.9. The molecule has 17 heavy (non-hydrogen) atoms. The van der Waals surface area contributed by atoms with Crippen molar-refractivity contribution in [3.63, 3.8) is 0 Å². The standard InChI is InChI=1S/C11H14BrF3N2/c12-9-3-2-8(6-10(9)16)7-17-5-1-4-11(13,14)15/h2-3,6,17H,1,4-5,7,16H2. The number of halogens is 4. The Morgan fingerprint density at radius 3 is 2.59 bits per heavy atom. The normalized spacial score (nSPS) is 11.8. The number of hydrogen-bond donors (Lipinski definition) is 2. The number of nitrogen functional groups attached to an aromatic ring is 1. The zero-order valence-electron chi connectivity index (χ0n) is 9.15. The minimum absolute atomic E-state index is 0.0928. The third-order valence-corrected chi connectivity index (χ3v) is 2.93. The van der Waals surface area contributed by atoms with Crippen LogP contribution in [0.25, 0.3) is 0 Å². The summed E-state index contributed by atoms with van der Waals surface area (Å²) in [4.78, 5) is 0. The zero-order valence-corrected chi connectivity index (χ0v) is 10.7. The van der Waals surface area contributed by atoms with Gasteiger partial charge in [0.25, 0.3) is 0 Å². The molecule has 0 heterocycles. The zero-order chi connectivity index (χ0) is 12.9. The summed E-state index contributed by atoms with van der Waals surface area (Å²) < 4.78 is 36.4. The Balaban J connectivity index is 2.25. The van der Waals surface area contributed by atoms with Gasteiger partial charge < -0.3 is 11.1 Å². The molecule has 0 fully saturated rings. The van der Waals surface area contributed by atoms with Crippen LogP contribution < -0.4 is 11.1 Å². The average Bonchev–Trinajstić information content (AvgIpc) is 2.21. The van der Waals surface area contributed by atoms with Crippen LogP contribution in [0.15, 0.2) is 22.7 Å². The predicted molar refractivity (Wildman–Crippen MR) is 65.6 cm³/mol. The van der Waals surface area contributed by atoms with Crippen molar-refractivity contribution >= 4 is 21.6 Å². The molecule has 2 nitrogen and oxygen atoms in total. The van der Waals surface area contributed by atoms with Gasteiger partial charge in [-0.25, -0.2) is 0 Å². The highest BCUT2D eigenvalue weighted by Gasteiger charge is 2.25. The maximum Gasteiger partial charge on any atom is 0.389 e. The fraction of sp³-hybridized carbons (Fsp3) is 0.455. The van der Waals surface area contributed by atoms with Crippen LogP contribution in [0.5, 0.6) is 0 Å². The first-order chi connectivity index (χ1) is 7.88. The second-order valence-corrected chi connectivity index (χ2v) is 4.61. The average molecular weight is 311 g/mol. The van der Waals surface area contributed by atoms with E-state index in [1.54, 1.807) is 6.07 Å². The van der Waals surface area contributed by atoms with Gasteiger partial charge in [-0.3, -0.25) is 0 Å². The van der Waals surface area contributed by atoms with E-state index < -0.39 is 12.6 Å². The Morgan fingerprint density at radius 2 is 2.00 bits per heavy atom. The first-order valence-electron chi connectivity index (χ1n) is 5.20. The lowest BCUT2D eigenvalue weighted by Gasteiger charge is -2.08. The van der Waals surface area contributed by atoms with Gasteiger partial charge in [0.1, 0.15) is 0 Å². The lowest BCUT2D eigenvalue weighted by Crippen LogP contribution is -2.17. The van der Waals surface area contributed by atoms with Crippen LogP contribution in [0, 0.1) is 0 Å². The Labute approximate surface area is 107 Å². The van der Waals surface area contributed by atoms with E-state index in [0.717, 1.165) is 10.0 Å². The minimum atomic E-state index is -4.07. The predicted octanol–water partition coefficient (Wildman–Crippen LogP) is 3.46. The number of benzene rings is 1. The van der Waals surface area contributed by atoms with Gasteiger partial charge in [-0.15, -0.1) is 0 Å².